The molecule has 0 fully saturated rings. The van der Waals surface area contributed by atoms with Crippen LogP contribution in [0.2, 0.25) is 0 Å². The summed E-state index contributed by atoms with van der Waals surface area (Å²) in [7, 11) is 0. The molecule has 0 atom stereocenters. The van der Waals surface area contributed by atoms with Gasteiger partial charge < -0.3 is 4.90 Å². The zero-order chi connectivity index (χ0) is 53.2. The van der Waals surface area contributed by atoms with Gasteiger partial charge in [-0.1, -0.05) is 237 Å². The monoisotopic (exact) mass is 1020 g/mol. The molecule has 80 heavy (non-hydrogen) atoms. The van der Waals surface area contributed by atoms with Crippen LogP contribution in [0, 0.1) is 0 Å². The van der Waals surface area contributed by atoms with Crippen molar-refractivity contribution in [3.8, 4) is 101 Å². The van der Waals surface area contributed by atoms with Crippen molar-refractivity contribution >= 4 is 34.4 Å². The van der Waals surface area contributed by atoms with Crippen LogP contribution < -0.4 is 9.80 Å². The summed E-state index contributed by atoms with van der Waals surface area (Å²) in [6.45, 7) is 0. The fourth-order valence-corrected chi connectivity index (χ4v) is 10.6. The minimum atomic E-state index is 0.545. The quantitative estimate of drug-likeness (QED) is 0.127. The third-order valence-corrected chi connectivity index (χ3v) is 14.4. The van der Waals surface area contributed by atoms with E-state index in [9.17, 15) is 0 Å². The first kappa shape index (κ1) is 47.5. The van der Waals surface area contributed by atoms with Crippen LogP contribution in [-0.4, -0.2) is 29.9 Å². The molecule has 4 heterocycles. The zero-order valence-corrected chi connectivity index (χ0v) is 43.3. The largest absolute Gasteiger partial charge is 0.305 e. The second-order valence-electron chi connectivity index (χ2n) is 19.5. The summed E-state index contributed by atoms with van der Waals surface area (Å²) in [6.07, 6.45) is 0. The molecular weight excluding hydrogens is 977 g/mol. The van der Waals surface area contributed by atoms with Gasteiger partial charge in [0.05, 0.1) is 62.6 Å². The Morgan fingerprint density at radius 3 is 0.863 bits per heavy atom. The molecule has 0 saturated heterocycles. The number of para-hydroxylation sites is 4. The fourth-order valence-electron chi connectivity index (χ4n) is 10.6. The van der Waals surface area contributed by atoms with Crippen LogP contribution in [0.4, 0.5) is 34.4 Å². The van der Waals surface area contributed by atoms with Crippen LogP contribution in [0.15, 0.2) is 291 Å². The Balaban J connectivity index is 1.07. The van der Waals surface area contributed by atoms with Gasteiger partial charge in [-0.05, 0) is 60.2 Å². The second kappa shape index (κ2) is 20.9. The lowest BCUT2D eigenvalue weighted by molar-refractivity contribution is 1.06. The summed E-state index contributed by atoms with van der Waals surface area (Å²) in [5.74, 6) is 1.72. The van der Waals surface area contributed by atoms with Gasteiger partial charge in [-0.15, -0.1) is 0 Å². The highest BCUT2D eigenvalue weighted by Crippen LogP contribution is 2.58. The summed E-state index contributed by atoms with van der Waals surface area (Å²) in [4.78, 5) is 37.2. The Morgan fingerprint density at radius 2 is 0.475 bits per heavy atom. The normalized spacial score (nSPS) is 11.7. The molecule has 13 aromatic rings. The number of hydrogen-bond donors (Lipinski definition) is 0. The van der Waals surface area contributed by atoms with E-state index in [2.05, 4.69) is 204 Å². The molecule has 8 nitrogen and oxygen atoms in total. The minimum Gasteiger partial charge on any atom is -0.305 e. The van der Waals surface area contributed by atoms with Crippen molar-refractivity contribution in [2.45, 2.75) is 0 Å². The Morgan fingerprint density at radius 1 is 0.200 bits per heavy atom. The van der Waals surface area contributed by atoms with Crippen LogP contribution in [0.25, 0.3) is 101 Å². The fraction of sp³-hybridized carbons (Fsp3) is 0. The lowest BCUT2D eigenvalue weighted by Crippen LogP contribution is -2.26. The number of fused-ring (bicyclic) bond motifs is 2. The zero-order valence-electron chi connectivity index (χ0n) is 43.3. The van der Waals surface area contributed by atoms with Gasteiger partial charge in [0.25, 0.3) is 0 Å². The molecule has 10 aromatic carbocycles. The molecule has 0 bridgehead atoms. The van der Waals surface area contributed by atoms with Gasteiger partial charge in [0.2, 0.25) is 5.95 Å². The number of benzene rings is 10. The highest BCUT2D eigenvalue weighted by molar-refractivity contribution is 6.07. The van der Waals surface area contributed by atoms with Crippen LogP contribution in [0.1, 0.15) is 0 Å². The van der Waals surface area contributed by atoms with Crippen molar-refractivity contribution in [1.82, 2.24) is 29.9 Å². The molecule has 0 saturated carbocycles. The van der Waals surface area contributed by atoms with Gasteiger partial charge in [0.1, 0.15) is 0 Å². The van der Waals surface area contributed by atoms with E-state index in [-0.39, 0.29) is 0 Å². The Bertz CT molecular complexity index is 4120. The summed E-state index contributed by atoms with van der Waals surface area (Å²) in [5.41, 5.74) is 18.8. The van der Waals surface area contributed by atoms with E-state index in [1.54, 1.807) is 0 Å². The first-order valence-corrected chi connectivity index (χ1v) is 26.7. The Kier molecular flexibility index (Phi) is 12.4. The molecule has 376 valence electrons. The molecule has 1 aliphatic rings. The summed E-state index contributed by atoms with van der Waals surface area (Å²) in [6, 6.07) is 100. The topological polar surface area (TPSA) is 83.8 Å². The van der Waals surface area contributed by atoms with Crippen molar-refractivity contribution in [2.24, 2.45) is 0 Å². The second-order valence-corrected chi connectivity index (χ2v) is 19.5. The molecular formula is C72H48N8. The summed E-state index contributed by atoms with van der Waals surface area (Å²) < 4.78 is 0. The van der Waals surface area contributed by atoms with Crippen molar-refractivity contribution in [3.63, 3.8) is 0 Å². The smallest absolute Gasteiger partial charge is 0.235 e. The maximum atomic E-state index is 5.60. The molecule has 3 aromatic heterocycles. The van der Waals surface area contributed by atoms with E-state index < -0.39 is 0 Å². The van der Waals surface area contributed by atoms with Gasteiger partial charge >= 0.3 is 0 Å². The number of nitrogens with zero attached hydrogens (tertiary/aromatic N) is 8. The van der Waals surface area contributed by atoms with E-state index in [0.29, 0.717) is 17.6 Å². The molecule has 14 rings (SSSR count). The standard InChI is InChI=1S/C72H48N8/c1-8-26-49(27-9-1)57-44-56(71-74-59(50-28-10-2-11-29-50)46-60(75-71)51-30-12-3-13-31-51)45-58(64-48-61(52-32-14-4-15-33-52)73-70(76-64)55-38-20-7-21-39-55)69(57)79-65-40-22-24-42-67(65)80(68-43-25-23-41-66(68)79)72-77-62(53-34-16-5-17-35-53)47-63(78-72)54-36-18-6-19-37-54/h1-48H. The average Bonchev–Trinajstić information content (AvgIpc) is 3.64. The molecule has 0 spiro atoms. The van der Waals surface area contributed by atoms with Crippen molar-refractivity contribution in [3.05, 3.63) is 291 Å². The van der Waals surface area contributed by atoms with Crippen molar-refractivity contribution in [1.29, 1.82) is 0 Å². The number of hydrogen-bond acceptors (Lipinski definition) is 8. The predicted molar refractivity (Wildman–Crippen MR) is 325 cm³/mol. The molecule has 8 heteroatoms. The highest BCUT2D eigenvalue weighted by Gasteiger charge is 2.35. The number of rotatable bonds is 11. The first-order chi connectivity index (χ1) is 39.7. The Labute approximate surface area is 464 Å². The van der Waals surface area contributed by atoms with E-state index >= 15 is 0 Å². The van der Waals surface area contributed by atoms with Gasteiger partial charge in [-0.2, -0.15) is 0 Å². The van der Waals surface area contributed by atoms with E-state index in [4.69, 9.17) is 29.9 Å². The minimum absolute atomic E-state index is 0.545. The highest BCUT2D eigenvalue weighted by atomic mass is 15.3. The maximum Gasteiger partial charge on any atom is 0.235 e. The van der Waals surface area contributed by atoms with Crippen molar-refractivity contribution < 1.29 is 0 Å². The van der Waals surface area contributed by atoms with E-state index in [1.807, 2.05) is 97.1 Å². The third-order valence-electron chi connectivity index (χ3n) is 14.4. The third kappa shape index (κ3) is 9.12. The molecule has 1 aliphatic heterocycles. The summed E-state index contributed by atoms with van der Waals surface area (Å²) in [5, 5.41) is 0. The summed E-state index contributed by atoms with van der Waals surface area (Å²) >= 11 is 0. The van der Waals surface area contributed by atoms with Gasteiger partial charge in [-0.25, -0.2) is 29.9 Å². The van der Waals surface area contributed by atoms with Crippen molar-refractivity contribution in [2.75, 3.05) is 9.80 Å². The molecule has 0 N–H and O–H groups in total. The van der Waals surface area contributed by atoms with E-state index in [0.717, 1.165) is 118 Å². The molecule has 0 amide bonds. The SMILES string of the molecule is c1ccc(-c2cc(-c3ccccc3)nc(-c3cc(-c4ccccc4)c(N4c5ccccc5N(c5nc(-c6ccccc6)cc(-c6ccccc6)n5)c5ccccc54)c(-c4cc(-c5ccccc5)nc(-c5ccccc5)n4)c3)n2)cc1. The lowest BCUT2D eigenvalue weighted by Gasteiger charge is -2.41. The molecule has 0 radical (unpaired) electrons. The Hall–Kier alpha value is -11.0. The van der Waals surface area contributed by atoms with Gasteiger partial charge in [0.15, 0.2) is 11.6 Å². The molecule has 0 unspecified atom stereocenters. The van der Waals surface area contributed by atoms with Crippen LogP contribution in [-0.2, 0) is 0 Å². The maximum absolute atomic E-state index is 5.60. The predicted octanol–water partition coefficient (Wildman–Crippen LogP) is 18.3. The van der Waals surface area contributed by atoms with Crippen LogP contribution in [0.3, 0.4) is 0 Å². The first-order valence-electron chi connectivity index (χ1n) is 26.7. The number of aromatic nitrogens is 6. The van der Waals surface area contributed by atoms with E-state index in [1.165, 1.54) is 0 Å². The lowest BCUT2D eigenvalue weighted by atomic mass is 9.91. The van der Waals surface area contributed by atoms with Crippen LogP contribution >= 0.6 is 0 Å². The average molecular weight is 1030 g/mol. The van der Waals surface area contributed by atoms with Crippen LogP contribution in [0.5, 0.6) is 0 Å². The molecule has 0 aliphatic carbocycles. The van der Waals surface area contributed by atoms with Gasteiger partial charge in [0, 0.05) is 50.1 Å². The number of anilines is 6. The van der Waals surface area contributed by atoms with Gasteiger partial charge in [-0.3, -0.25) is 4.90 Å².